The molecule has 8 nitrogen and oxygen atoms in total. The smallest absolute Gasteiger partial charge is 0.370 e. The molecule has 0 aliphatic rings. The molecule has 0 aliphatic heterocycles. The molecule has 3 rings (SSSR count). The van der Waals surface area contributed by atoms with Gasteiger partial charge in [0.25, 0.3) is 0 Å². The zero-order valence-electron chi connectivity index (χ0n) is 16.0. The van der Waals surface area contributed by atoms with Crippen LogP contribution in [0.3, 0.4) is 0 Å². The Balaban J connectivity index is 1.99. The summed E-state index contributed by atoms with van der Waals surface area (Å²) in [6.07, 6.45) is -1.69. The maximum Gasteiger partial charge on any atom is 0.421 e. The number of aryl methyl sites for hydroxylation is 1. The molecule has 0 fully saturated rings. The standard InChI is InChI=1S/C18H19F3N8/c1-4-23-16-11(18(19,20)21)8-24-17(28-16)27-15-10(3)14(6-22)26-13(15)5-12-9(2)7-25-29-12/h7-8,26H,4-5H2,1-3H3,(H,25,29)(H2,23,24,27,28). The summed E-state index contributed by atoms with van der Waals surface area (Å²) in [5.41, 5.74) is 2.93. The van der Waals surface area contributed by atoms with Crippen LogP contribution in [0.5, 0.6) is 0 Å². The van der Waals surface area contributed by atoms with Crippen molar-refractivity contribution >= 4 is 17.5 Å². The van der Waals surface area contributed by atoms with Gasteiger partial charge in [0.15, 0.2) is 0 Å². The fourth-order valence-corrected chi connectivity index (χ4v) is 2.86. The van der Waals surface area contributed by atoms with Crippen molar-refractivity contribution < 1.29 is 13.2 Å². The molecule has 0 amide bonds. The minimum Gasteiger partial charge on any atom is -0.370 e. The number of hydrogen-bond acceptors (Lipinski definition) is 6. The topological polar surface area (TPSA) is 118 Å². The maximum absolute atomic E-state index is 13.2. The van der Waals surface area contributed by atoms with Crippen LogP contribution in [0, 0.1) is 25.2 Å². The molecule has 3 aromatic rings. The Morgan fingerprint density at radius 1 is 1.28 bits per heavy atom. The van der Waals surface area contributed by atoms with E-state index in [4.69, 9.17) is 0 Å². The number of hydrogen-bond donors (Lipinski definition) is 4. The largest absolute Gasteiger partial charge is 0.421 e. The van der Waals surface area contributed by atoms with Crippen molar-refractivity contribution in [1.29, 1.82) is 5.26 Å². The number of aromatic amines is 2. The number of H-pyrrole nitrogens is 2. The molecule has 0 unspecified atom stereocenters. The van der Waals surface area contributed by atoms with Gasteiger partial charge in [-0.1, -0.05) is 0 Å². The lowest BCUT2D eigenvalue weighted by Crippen LogP contribution is -2.14. The summed E-state index contributed by atoms with van der Waals surface area (Å²) in [5, 5.41) is 21.9. The third-order valence-electron chi connectivity index (χ3n) is 4.39. The Kier molecular flexibility index (Phi) is 5.45. The van der Waals surface area contributed by atoms with Crippen LogP contribution in [0.4, 0.5) is 30.6 Å². The van der Waals surface area contributed by atoms with Crippen LogP contribution in [0.25, 0.3) is 0 Å². The monoisotopic (exact) mass is 404 g/mol. The zero-order valence-corrected chi connectivity index (χ0v) is 16.0. The van der Waals surface area contributed by atoms with E-state index in [0.29, 0.717) is 29.1 Å². The van der Waals surface area contributed by atoms with Crippen LogP contribution in [0.2, 0.25) is 0 Å². The van der Waals surface area contributed by atoms with E-state index in [1.165, 1.54) is 0 Å². The van der Waals surface area contributed by atoms with E-state index in [0.717, 1.165) is 17.5 Å². The molecular formula is C18H19F3N8. The SMILES string of the molecule is CCNc1nc(Nc2c(Cc3n[nH]cc3C)[nH]c(C#N)c2C)ncc1C(F)(F)F. The van der Waals surface area contributed by atoms with E-state index < -0.39 is 11.7 Å². The predicted molar refractivity (Wildman–Crippen MR) is 101 cm³/mol. The second kappa shape index (κ2) is 7.83. The Hall–Kier alpha value is -3.55. The van der Waals surface area contributed by atoms with Gasteiger partial charge in [-0.05, 0) is 26.3 Å². The Morgan fingerprint density at radius 3 is 2.62 bits per heavy atom. The lowest BCUT2D eigenvalue weighted by Gasteiger charge is -2.14. The van der Waals surface area contributed by atoms with Gasteiger partial charge in [0, 0.05) is 36.6 Å². The van der Waals surface area contributed by atoms with Crippen molar-refractivity contribution in [3.63, 3.8) is 0 Å². The van der Waals surface area contributed by atoms with E-state index in [1.807, 2.05) is 6.92 Å². The highest BCUT2D eigenvalue weighted by Gasteiger charge is 2.35. The van der Waals surface area contributed by atoms with Crippen molar-refractivity contribution in [3.8, 4) is 6.07 Å². The number of alkyl halides is 3. The van der Waals surface area contributed by atoms with Gasteiger partial charge in [-0.25, -0.2) is 4.98 Å². The number of rotatable bonds is 6. The van der Waals surface area contributed by atoms with E-state index in [9.17, 15) is 18.4 Å². The number of halogens is 3. The van der Waals surface area contributed by atoms with Crippen molar-refractivity contribution in [2.75, 3.05) is 17.2 Å². The molecule has 3 heterocycles. The number of aromatic nitrogens is 5. The quantitative estimate of drug-likeness (QED) is 0.496. The molecule has 0 aliphatic carbocycles. The van der Waals surface area contributed by atoms with Crippen LogP contribution in [0.1, 0.15) is 40.7 Å². The predicted octanol–water partition coefficient (Wildman–Crippen LogP) is 3.80. The van der Waals surface area contributed by atoms with Gasteiger partial charge in [-0.3, -0.25) is 5.10 Å². The van der Waals surface area contributed by atoms with Crippen molar-refractivity contribution in [3.05, 3.63) is 46.2 Å². The van der Waals surface area contributed by atoms with Gasteiger partial charge >= 0.3 is 6.18 Å². The summed E-state index contributed by atoms with van der Waals surface area (Å²) >= 11 is 0. The second-order valence-corrected chi connectivity index (χ2v) is 6.39. The van der Waals surface area contributed by atoms with Crippen molar-refractivity contribution in [2.24, 2.45) is 0 Å². The summed E-state index contributed by atoms with van der Waals surface area (Å²) in [7, 11) is 0. The fourth-order valence-electron chi connectivity index (χ4n) is 2.86. The highest BCUT2D eigenvalue weighted by atomic mass is 19.4. The van der Waals surface area contributed by atoms with Gasteiger partial charge in [0.2, 0.25) is 5.95 Å². The number of nitrogens with zero attached hydrogens (tertiary/aromatic N) is 4. The van der Waals surface area contributed by atoms with Gasteiger partial charge in [0.05, 0.1) is 11.4 Å². The molecule has 11 heteroatoms. The lowest BCUT2D eigenvalue weighted by atomic mass is 10.1. The van der Waals surface area contributed by atoms with Crippen LogP contribution in [-0.4, -0.2) is 31.7 Å². The van der Waals surface area contributed by atoms with Crippen LogP contribution < -0.4 is 10.6 Å². The molecule has 0 atom stereocenters. The summed E-state index contributed by atoms with van der Waals surface area (Å²) in [4.78, 5) is 10.8. The molecule has 0 radical (unpaired) electrons. The maximum atomic E-state index is 13.2. The summed E-state index contributed by atoms with van der Waals surface area (Å²) in [6.45, 7) is 5.57. The van der Waals surface area contributed by atoms with Gasteiger partial charge in [-0.15, -0.1) is 0 Å². The normalized spacial score (nSPS) is 11.3. The number of nitriles is 1. The average molecular weight is 404 g/mol. The van der Waals surface area contributed by atoms with E-state index >= 15 is 0 Å². The molecule has 0 aromatic carbocycles. The van der Waals surface area contributed by atoms with Crippen molar-refractivity contribution in [2.45, 2.75) is 33.4 Å². The number of anilines is 3. The molecule has 0 saturated carbocycles. The van der Waals surface area contributed by atoms with Gasteiger partial charge in [0.1, 0.15) is 23.1 Å². The summed E-state index contributed by atoms with van der Waals surface area (Å²) < 4.78 is 39.5. The zero-order chi connectivity index (χ0) is 21.2. The first-order valence-corrected chi connectivity index (χ1v) is 8.80. The molecule has 3 aromatic heterocycles. The molecule has 152 valence electrons. The van der Waals surface area contributed by atoms with Gasteiger partial charge in [-0.2, -0.15) is 28.5 Å². The van der Waals surface area contributed by atoms with Crippen molar-refractivity contribution in [1.82, 2.24) is 25.1 Å². The Bertz CT molecular complexity index is 1060. The third kappa shape index (κ3) is 4.16. The molecule has 29 heavy (non-hydrogen) atoms. The fraction of sp³-hybridized carbons (Fsp3) is 0.333. The van der Waals surface area contributed by atoms with Crippen LogP contribution in [0.15, 0.2) is 12.4 Å². The first kappa shape index (κ1) is 20.2. The Labute approximate surface area is 164 Å². The molecule has 0 saturated heterocycles. The first-order chi connectivity index (χ1) is 13.7. The second-order valence-electron chi connectivity index (χ2n) is 6.39. The Morgan fingerprint density at radius 2 is 2.03 bits per heavy atom. The minimum atomic E-state index is -4.57. The first-order valence-electron chi connectivity index (χ1n) is 8.80. The van der Waals surface area contributed by atoms with E-state index in [-0.39, 0.29) is 18.3 Å². The average Bonchev–Trinajstić information content (AvgIpc) is 3.19. The molecule has 4 N–H and O–H groups in total. The molecule has 0 spiro atoms. The van der Waals surface area contributed by atoms with E-state index in [1.54, 1.807) is 20.0 Å². The lowest BCUT2D eigenvalue weighted by molar-refractivity contribution is -0.137. The van der Waals surface area contributed by atoms with Crippen LogP contribution >= 0.6 is 0 Å². The summed E-state index contributed by atoms with van der Waals surface area (Å²) in [6, 6.07) is 2.07. The van der Waals surface area contributed by atoms with Gasteiger partial charge < -0.3 is 15.6 Å². The molecular weight excluding hydrogens is 385 g/mol. The number of nitrogens with one attached hydrogen (secondary N) is 4. The van der Waals surface area contributed by atoms with E-state index in [2.05, 4.69) is 41.9 Å². The molecule has 0 bridgehead atoms. The van der Waals surface area contributed by atoms with Crippen LogP contribution in [-0.2, 0) is 12.6 Å². The highest BCUT2D eigenvalue weighted by Crippen LogP contribution is 2.35. The highest BCUT2D eigenvalue weighted by molar-refractivity contribution is 5.67. The summed E-state index contributed by atoms with van der Waals surface area (Å²) in [5.74, 6) is -0.323. The third-order valence-corrected chi connectivity index (χ3v) is 4.39. The minimum absolute atomic E-state index is 0.0134.